The fraction of sp³-hybridized carbons (Fsp3) is 1.00. The number of alkyl halides is 1. The van der Waals surface area contributed by atoms with E-state index in [4.69, 9.17) is 9.84 Å². The van der Waals surface area contributed by atoms with Crippen LogP contribution in [0, 0.1) is 5.92 Å². The van der Waals surface area contributed by atoms with Crippen molar-refractivity contribution >= 4 is 0 Å². The Hall–Kier alpha value is -0.150. The number of aliphatic hydroxyl groups excluding tert-OH is 1. The van der Waals surface area contributed by atoms with Gasteiger partial charge >= 0.3 is 0 Å². The van der Waals surface area contributed by atoms with Crippen LogP contribution in [-0.2, 0) is 4.74 Å². The summed E-state index contributed by atoms with van der Waals surface area (Å²) in [7, 11) is 0. The lowest BCUT2D eigenvalue weighted by molar-refractivity contribution is -0.0192. The first kappa shape index (κ1) is 6.96. The summed E-state index contributed by atoms with van der Waals surface area (Å²) in [6, 6.07) is 0. The van der Waals surface area contributed by atoms with Crippen LogP contribution in [0.2, 0.25) is 0 Å². The van der Waals surface area contributed by atoms with E-state index < -0.39 is 6.17 Å². The van der Waals surface area contributed by atoms with E-state index in [-0.39, 0.29) is 19.1 Å². The second-order valence-electron chi connectivity index (χ2n) is 2.32. The molecule has 3 heteroatoms. The van der Waals surface area contributed by atoms with Gasteiger partial charge < -0.3 is 9.84 Å². The number of rotatable bonds is 1. The third kappa shape index (κ3) is 1.63. The Labute approximate surface area is 53.6 Å². The quantitative estimate of drug-likeness (QED) is 0.560. The number of hydrogen-bond donors (Lipinski definition) is 1. The molecule has 0 spiro atoms. The second kappa shape index (κ2) is 3.13. The molecule has 0 bridgehead atoms. The lowest BCUT2D eigenvalue weighted by Crippen LogP contribution is -2.31. The minimum absolute atomic E-state index is 0.0511. The average Bonchev–Trinajstić information content (AvgIpc) is 1.89. The van der Waals surface area contributed by atoms with Gasteiger partial charge in [-0.2, -0.15) is 0 Å². The Bertz CT molecular complexity index is 87.1. The van der Waals surface area contributed by atoms with Crippen LogP contribution >= 0.6 is 0 Å². The van der Waals surface area contributed by atoms with Gasteiger partial charge in [0.05, 0.1) is 6.61 Å². The fourth-order valence-electron chi connectivity index (χ4n) is 0.953. The summed E-state index contributed by atoms with van der Waals surface area (Å²) in [6.07, 6.45) is -0.304. The minimum Gasteiger partial charge on any atom is -0.396 e. The molecule has 1 N–H and O–H groups in total. The summed E-state index contributed by atoms with van der Waals surface area (Å²) < 4.78 is 17.4. The first-order valence-electron chi connectivity index (χ1n) is 3.17. The van der Waals surface area contributed by atoms with E-state index >= 15 is 0 Å². The van der Waals surface area contributed by atoms with Crippen molar-refractivity contribution in [3.8, 4) is 0 Å². The fourth-order valence-corrected chi connectivity index (χ4v) is 0.953. The zero-order chi connectivity index (χ0) is 6.69. The highest BCUT2D eigenvalue weighted by atomic mass is 19.1. The van der Waals surface area contributed by atoms with Gasteiger partial charge in [-0.25, -0.2) is 4.39 Å². The maximum Gasteiger partial charge on any atom is 0.128 e. The van der Waals surface area contributed by atoms with Gasteiger partial charge in [-0.05, 0) is 6.42 Å². The van der Waals surface area contributed by atoms with Crippen LogP contribution in [0.1, 0.15) is 6.42 Å². The maximum atomic E-state index is 12.6. The summed E-state index contributed by atoms with van der Waals surface area (Å²) in [5.74, 6) is -0.182. The number of hydrogen-bond acceptors (Lipinski definition) is 2. The average molecular weight is 134 g/mol. The zero-order valence-electron chi connectivity index (χ0n) is 5.22. The Kier molecular flexibility index (Phi) is 2.42. The van der Waals surface area contributed by atoms with Gasteiger partial charge in [0, 0.05) is 19.1 Å². The Morgan fingerprint density at radius 2 is 2.44 bits per heavy atom. The number of aliphatic hydroxyl groups is 1. The molecule has 1 fully saturated rings. The molecular formula is C6H11FO2. The predicted molar refractivity (Wildman–Crippen MR) is 30.9 cm³/mol. The van der Waals surface area contributed by atoms with E-state index in [1.807, 2.05) is 0 Å². The highest BCUT2D eigenvalue weighted by Gasteiger charge is 2.23. The molecule has 1 rings (SSSR count). The molecule has 0 aromatic rings. The Morgan fingerprint density at radius 3 is 2.89 bits per heavy atom. The van der Waals surface area contributed by atoms with Gasteiger partial charge in [0.15, 0.2) is 0 Å². The van der Waals surface area contributed by atoms with Crippen molar-refractivity contribution in [1.82, 2.24) is 0 Å². The van der Waals surface area contributed by atoms with Crippen molar-refractivity contribution in [3.05, 3.63) is 0 Å². The van der Waals surface area contributed by atoms with Crippen LogP contribution in [0.3, 0.4) is 0 Å². The molecule has 1 heterocycles. The van der Waals surface area contributed by atoms with Gasteiger partial charge in [0.1, 0.15) is 6.17 Å². The molecule has 0 amide bonds. The molecule has 1 aliphatic heterocycles. The smallest absolute Gasteiger partial charge is 0.128 e. The van der Waals surface area contributed by atoms with Crippen molar-refractivity contribution in [3.63, 3.8) is 0 Å². The first-order chi connectivity index (χ1) is 4.34. The van der Waals surface area contributed by atoms with Crippen LogP contribution in [0.15, 0.2) is 0 Å². The zero-order valence-corrected chi connectivity index (χ0v) is 5.22. The molecule has 1 saturated heterocycles. The lowest BCUT2D eigenvalue weighted by Gasteiger charge is -2.23. The van der Waals surface area contributed by atoms with E-state index in [9.17, 15) is 4.39 Å². The first-order valence-corrected chi connectivity index (χ1v) is 3.17. The van der Waals surface area contributed by atoms with Crippen LogP contribution in [-0.4, -0.2) is 31.1 Å². The standard InChI is InChI=1S/C6H11FO2/c7-6-4-9-2-1-5(6)3-8/h5-6,8H,1-4H2. The Morgan fingerprint density at radius 1 is 1.67 bits per heavy atom. The SMILES string of the molecule is OCC1CCOCC1F. The molecule has 9 heavy (non-hydrogen) atoms. The minimum atomic E-state index is -0.955. The van der Waals surface area contributed by atoms with Gasteiger partial charge in [-0.1, -0.05) is 0 Å². The summed E-state index contributed by atoms with van der Waals surface area (Å²) in [5, 5.41) is 8.57. The van der Waals surface area contributed by atoms with Crippen molar-refractivity contribution in [2.75, 3.05) is 19.8 Å². The largest absolute Gasteiger partial charge is 0.396 e. The number of halogens is 1. The predicted octanol–water partition coefficient (Wildman–Crippen LogP) is 0.353. The molecule has 54 valence electrons. The van der Waals surface area contributed by atoms with Crippen molar-refractivity contribution in [1.29, 1.82) is 0 Å². The molecule has 0 saturated carbocycles. The molecule has 0 radical (unpaired) electrons. The monoisotopic (exact) mass is 134 g/mol. The second-order valence-corrected chi connectivity index (χ2v) is 2.32. The topological polar surface area (TPSA) is 29.5 Å². The van der Waals surface area contributed by atoms with Crippen LogP contribution in [0.5, 0.6) is 0 Å². The Balaban J connectivity index is 2.30. The molecule has 0 aromatic carbocycles. The molecule has 0 aromatic heterocycles. The maximum absolute atomic E-state index is 12.6. The summed E-state index contributed by atoms with van der Waals surface area (Å²) in [4.78, 5) is 0. The van der Waals surface area contributed by atoms with Gasteiger partial charge in [-0.15, -0.1) is 0 Å². The van der Waals surface area contributed by atoms with E-state index in [0.29, 0.717) is 13.0 Å². The highest BCUT2D eigenvalue weighted by molar-refractivity contribution is 4.71. The third-order valence-electron chi connectivity index (χ3n) is 1.66. The van der Waals surface area contributed by atoms with Gasteiger partial charge in [0.25, 0.3) is 0 Å². The van der Waals surface area contributed by atoms with Crippen LogP contribution in [0.25, 0.3) is 0 Å². The molecule has 0 aliphatic carbocycles. The summed E-state index contributed by atoms with van der Waals surface area (Å²) in [5.41, 5.74) is 0. The normalized spacial score (nSPS) is 36.7. The van der Waals surface area contributed by atoms with Crippen LogP contribution < -0.4 is 0 Å². The van der Waals surface area contributed by atoms with Gasteiger partial charge in [0.2, 0.25) is 0 Å². The molecular weight excluding hydrogens is 123 g/mol. The molecule has 2 unspecified atom stereocenters. The van der Waals surface area contributed by atoms with E-state index in [2.05, 4.69) is 0 Å². The molecule has 1 aliphatic rings. The highest BCUT2D eigenvalue weighted by Crippen LogP contribution is 2.17. The van der Waals surface area contributed by atoms with E-state index in [1.54, 1.807) is 0 Å². The molecule has 2 atom stereocenters. The van der Waals surface area contributed by atoms with Crippen LogP contribution in [0.4, 0.5) is 4.39 Å². The molecule has 2 nitrogen and oxygen atoms in total. The third-order valence-corrected chi connectivity index (χ3v) is 1.66. The van der Waals surface area contributed by atoms with E-state index in [0.717, 1.165) is 0 Å². The van der Waals surface area contributed by atoms with Crippen molar-refractivity contribution < 1.29 is 14.2 Å². The number of ether oxygens (including phenoxy) is 1. The van der Waals surface area contributed by atoms with E-state index in [1.165, 1.54) is 0 Å². The summed E-state index contributed by atoms with van der Waals surface area (Å²) >= 11 is 0. The van der Waals surface area contributed by atoms with Gasteiger partial charge in [-0.3, -0.25) is 0 Å². The lowest BCUT2D eigenvalue weighted by atomic mass is 10.00. The summed E-state index contributed by atoms with van der Waals surface area (Å²) in [6.45, 7) is 0.696. The van der Waals surface area contributed by atoms with Crippen molar-refractivity contribution in [2.24, 2.45) is 5.92 Å². The van der Waals surface area contributed by atoms with Crippen molar-refractivity contribution in [2.45, 2.75) is 12.6 Å².